The van der Waals surface area contributed by atoms with Crippen molar-refractivity contribution in [3.05, 3.63) is 30.1 Å². The Labute approximate surface area is 103 Å². The van der Waals surface area contributed by atoms with E-state index in [0.29, 0.717) is 0 Å². The molecular formula is C12H14F3NO2. The molecule has 0 aliphatic rings. The fourth-order valence-electron chi connectivity index (χ4n) is 1.19. The lowest BCUT2D eigenvalue weighted by Gasteiger charge is -2.20. The molecule has 1 heterocycles. The van der Waals surface area contributed by atoms with E-state index in [-0.39, 0.29) is 11.8 Å². The molecule has 0 radical (unpaired) electrons. The van der Waals surface area contributed by atoms with Crippen LogP contribution in [-0.4, -0.2) is 22.4 Å². The van der Waals surface area contributed by atoms with E-state index in [4.69, 9.17) is 4.74 Å². The Bertz CT molecular complexity index is 453. The number of rotatable bonds is 1. The first-order valence-corrected chi connectivity index (χ1v) is 5.25. The fourth-order valence-corrected chi connectivity index (χ4v) is 1.19. The Hall–Kier alpha value is -1.72. The van der Waals surface area contributed by atoms with E-state index in [9.17, 15) is 18.0 Å². The van der Waals surface area contributed by atoms with Crippen molar-refractivity contribution >= 4 is 12.2 Å². The van der Waals surface area contributed by atoms with Crippen molar-refractivity contribution in [3.63, 3.8) is 0 Å². The Morgan fingerprint density at radius 1 is 1.33 bits per heavy atom. The third kappa shape index (κ3) is 4.65. The van der Waals surface area contributed by atoms with E-state index >= 15 is 0 Å². The zero-order chi connectivity index (χ0) is 14.0. The quantitative estimate of drug-likeness (QED) is 0.769. The number of ether oxygens (including phenoxy) is 1. The van der Waals surface area contributed by atoms with Gasteiger partial charge in [-0.3, -0.25) is 4.57 Å². The average Bonchev–Trinajstić information content (AvgIpc) is 2.58. The predicted octanol–water partition coefficient (Wildman–Crippen LogP) is 3.85. The summed E-state index contributed by atoms with van der Waals surface area (Å²) in [6.07, 6.45) is -2.88. The van der Waals surface area contributed by atoms with Crippen molar-refractivity contribution in [1.82, 2.24) is 4.57 Å². The van der Waals surface area contributed by atoms with Gasteiger partial charge in [0.2, 0.25) is 0 Å². The minimum absolute atomic E-state index is 0.0726. The molecule has 0 aromatic carbocycles. The molecule has 1 rings (SSSR count). The summed E-state index contributed by atoms with van der Waals surface area (Å²) in [6.45, 7) is 5.04. The van der Waals surface area contributed by atoms with Gasteiger partial charge in [0, 0.05) is 12.3 Å². The number of alkyl halides is 3. The lowest BCUT2D eigenvalue weighted by molar-refractivity contribution is -0.0791. The largest absolute Gasteiger partial charge is 0.443 e. The smallest absolute Gasteiger partial charge is 0.418 e. The van der Waals surface area contributed by atoms with Gasteiger partial charge in [0.15, 0.2) is 0 Å². The second-order valence-corrected chi connectivity index (χ2v) is 4.66. The second-order valence-electron chi connectivity index (χ2n) is 4.66. The van der Waals surface area contributed by atoms with E-state index in [1.54, 1.807) is 20.8 Å². The maximum atomic E-state index is 12.0. The maximum Gasteiger partial charge on any atom is 0.418 e. The maximum absolute atomic E-state index is 12.0. The monoisotopic (exact) mass is 261 g/mol. The molecule has 100 valence electrons. The molecule has 18 heavy (non-hydrogen) atoms. The van der Waals surface area contributed by atoms with Gasteiger partial charge in [-0.15, -0.1) is 0 Å². The number of aromatic nitrogens is 1. The molecule has 0 saturated heterocycles. The summed E-state index contributed by atoms with van der Waals surface area (Å²) in [5, 5.41) is 0. The van der Waals surface area contributed by atoms with Gasteiger partial charge in [0.25, 0.3) is 0 Å². The summed E-state index contributed by atoms with van der Waals surface area (Å²) in [5.74, 6) is 0. The summed E-state index contributed by atoms with van der Waals surface area (Å²) in [5.41, 5.74) is -0.589. The molecule has 0 N–H and O–H groups in total. The topological polar surface area (TPSA) is 31.2 Å². The highest BCUT2D eigenvalue weighted by atomic mass is 19.4. The molecule has 0 amide bonds. The summed E-state index contributed by atoms with van der Waals surface area (Å²) < 4.78 is 42.2. The number of allylic oxidation sites excluding steroid dienone is 1. The number of carbonyl (C=O) groups excluding carboxylic acids is 1. The Balaban J connectivity index is 2.90. The third-order valence-corrected chi connectivity index (χ3v) is 1.81. The molecule has 0 unspecified atom stereocenters. The lowest BCUT2D eigenvalue weighted by Crippen LogP contribution is -2.27. The number of hydrogen-bond donors (Lipinski definition) is 0. The van der Waals surface area contributed by atoms with Crippen LogP contribution in [0.2, 0.25) is 0 Å². The van der Waals surface area contributed by atoms with Crippen molar-refractivity contribution in [2.45, 2.75) is 32.5 Å². The first-order valence-electron chi connectivity index (χ1n) is 5.25. The van der Waals surface area contributed by atoms with Gasteiger partial charge < -0.3 is 4.74 Å². The molecule has 0 aliphatic heterocycles. The Morgan fingerprint density at radius 3 is 2.44 bits per heavy atom. The number of nitrogens with zero attached hydrogens (tertiary/aromatic N) is 1. The van der Waals surface area contributed by atoms with Crippen LogP contribution >= 0.6 is 0 Å². The minimum Gasteiger partial charge on any atom is -0.443 e. The molecule has 0 saturated carbocycles. The van der Waals surface area contributed by atoms with Gasteiger partial charge in [-0.2, -0.15) is 13.2 Å². The van der Waals surface area contributed by atoms with Crippen LogP contribution in [-0.2, 0) is 4.74 Å². The van der Waals surface area contributed by atoms with Crippen molar-refractivity contribution in [2.75, 3.05) is 0 Å². The van der Waals surface area contributed by atoms with E-state index in [1.165, 1.54) is 18.3 Å². The van der Waals surface area contributed by atoms with Gasteiger partial charge >= 0.3 is 12.3 Å². The Kier molecular flexibility index (Phi) is 3.88. The predicted molar refractivity (Wildman–Crippen MR) is 61.2 cm³/mol. The van der Waals surface area contributed by atoms with Crippen LogP contribution in [0.25, 0.3) is 6.08 Å². The summed E-state index contributed by atoms with van der Waals surface area (Å²) in [7, 11) is 0. The lowest BCUT2D eigenvalue weighted by atomic mass is 10.2. The van der Waals surface area contributed by atoms with E-state index < -0.39 is 17.9 Å². The highest BCUT2D eigenvalue weighted by molar-refractivity contribution is 5.74. The molecule has 6 heteroatoms. The fraction of sp³-hybridized carbons (Fsp3) is 0.417. The molecule has 1 aromatic heterocycles. The van der Waals surface area contributed by atoms with Crippen molar-refractivity contribution in [3.8, 4) is 0 Å². The van der Waals surface area contributed by atoms with Gasteiger partial charge in [0.05, 0.1) is 5.69 Å². The molecule has 0 bridgehead atoms. The van der Waals surface area contributed by atoms with Gasteiger partial charge in [-0.25, -0.2) is 4.79 Å². The van der Waals surface area contributed by atoms with E-state index in [1.807, 2.05) is 0 Å². The van der Waals surface area contributed by atoms with Crippen LogP contribution in [0.15, 0.2) is 24.4 Å². The normalized spacial score (nSPS) is 13.0. The van der Waals surface area contributed by atoms with Crippen molar-refractivity contribution < 1.29 is 22.7 Å². The molecule has 3 nitrogen and oxygen atoms in total. The highest BCUT2D eigenvalue weighted by Gasteiger charge is 2.23. The van der Waals surface area contributed by atoms with Crippen LogP contribution < -0.4 is 0 Å². The first-order chi connectivity index (χ1) is 8.08. The second kappa shape index (κ2) is 4.88. The summed E-state index contributed by atoms with van der Waals surface area (Å²) in [4.78, 5) is 11.7. The summed E-state index contributed by atoms with van der Waals surface area (Å²) in [6, 6.07) is 2.87. The van der Waals surface area contributed by atoms with Crippen LogP contribution in [0.4, 0.5) is 18.0 Å². The van der Waals surface area contributed by atoms with Gasteiger partial charge in [-0.1, -0.05) is 0 Å². The van der Waals surface area contributed by atoms with Crippen LogP contribution in [0, 0.1) is 0 Å². The average molecular weight is 261 g/mol. The number of halogens is 3. The number of carbonyl (C=O) groups is 1. The minimum atomic E-state index is -4.41. The zero-order valence-corrected chi connectivity index (χ0v) is 10.3. The van der Waals surface area contributed by atoms with Gasteiger partial charge in [-0.05, 0) is 39.0 Å². The standard InChI is InChI=1S/C12H14F3NO2/c1-11(2,3)18-10(17)16-8-4-5-9(16)6-7-12(13,14)15/h4-8H,1-3H3/b7-6+. The van der Waals surface area contributed by atoms with Crippen LogP contribution in [0.5, 0.6) is 0 Å². The molecular weight excluding hydrogens is 247 g/mol. The summed E-state index contributed by atoms with van der Waals surface area (Å²) >= 11 is 0. The van der Waals surface area contributed by atoms with E-state index in [2.05, 4.69) is 0 Å². The molecule has 0 spiro atoms. The molecule has 0 fully saturated rings. The zero-order valence-electron chi connectivity index (χ0n) is 10.3. The van der Waals surface area contributed by atoms with Crippen LogP contribution in [0.1, 0.15) is 26.5 Å². The molecule has 1 aromatic rings. The first kappa shape index (κ1) is 14.3. The van der Waals surface area contributed by atoms with Gasteiger partial charge in [0.1, 0.15) is 5.60 Å². The van der Waals surface area contributed by atoms with Crippen molar-refractivity contribution in [1.29, 1.82) is 0 Å². The van der Waals surface area contributed by atoms with E-state index in [0.717, 1.165) is 10.6 Å². The third-order valence-electron chi connectivity index (χ3n) is 1.81. The Morgan fingerprint density at radius 2 is 1.94 bits per heavy atom. The van der Waals surface area contributed by atoms with Crippen molar-refractivity contribution in [2.24, 2.45) is 0 Å². The number of hydrogen-bond acceptors (Lipinski definition) is 2. The molecule has 0 atom stereocenters. The SMILES string of the molecule is CC(C)(C)OC(=O)n1cccc1/C=C/C(F)(F)F. The highest BCUT2D eigenvalue weighted by Crippen LogP contribution is 2.19. The van der Waals surface area contributed by atoms with Crippen LogP contribution in [0.3, 0.4) is 0 Å². The molecule has 0 aliphatic carbocycles.